The molecule has 0 radical (unpaired) electrons. The van der Waals surface area contributed by atoms with Crippen molar-refractivity contribution in [3.63, 3.8) is 0 Å². The Morgan fingerprint density at radius 2 is 1.60 bits per heavy atom. The third kappa shape index (κ3) is 2.88. The standard InChI is InChI=1S/C20H12ClNO3/c21-13-7-5-12(6-8-13)20(24)22-14-9-10-16-18(11-14)25-17-4-2-1-3-15(17)19(16)23/h1-11H,(H,22,24). The molecule has 0 saturated heterocycles. The van der Waals surface area contributed by atoms with Crippen LogP contribution in [0.3, 0.4) is 0 Å². The highest BCUT2D eigenvalue weighted by Crippen LogP contribution is 2.22. The van der Waals surface area contributed by atoms with Gasteiger partial charge in [-0.05, 0) is 48.5 Å². The molecule has 1 heterocycles. The van der Waals surface area contributed by atoms with Gasteiger partial charge in [-0.1, -0.05) is 23.7 Å². The number of hydrogen-bond acceptors (Lipinski definition) is 3. The summed E-state index contributed by atoms with van der Waals surface area (Å²) in [6, 6.07) is 18.7. The van der Waals surface area contributed by atoms with E-state index >= 15 is 0 Å². The molecule has 0 saturated carbocycles. The molecule has 4 aromatic rings. The van der Waals surface area contributed by atoms with Gasteiger partial charge in [0.25, 0.3) is 5.91 Å². The molecule has 0 atom stereocenters. The van der Waals surface area contributed by atoms with Crippen molar-refractivity contribution in [2.24, 2.45) is 0 Å². The minimum atomic E-state index is -0.265. The molecule has 3 aromatic carbocycles. The number of fused-ring (bicyclic) bond motifs is 2. The van der Waals surface area contributed by atoms with E-state index in [1.54, 1.807) is 60.7 Å². The molecule has 25 heavy (non-hydrogen) atoms. The molecular weight excluding hydrogens is 338 g/mol. The van der Waals surface area contributed by atoms with Gasteiger partial charge in [0.05, 0.1) is 10.8 Å². The van der Waals surface area contributed by atoms with Crippen LogP contribution in [0, 0.1) is 0 Å². The molecule has 1 amide bonds. The number of nitrogens with one attached hydrogen (secondary N) is 1. The van der Waals surface area contributed by atoms with Crippen LogP contribution in [0.1, 0.15) is 10.4 Å². The second-order valence-electron chi connectivity index (χ2n) is 5.60. The molecule has 0 aliphatic heterocycles. The molecule has 5 heteroatoms. The average Bonchev–Trinajstić information content (AvgIpc) is 2.62. The van der Waals surface area contributed by atoms with E-state index in [2.05, 4.69) is 5.32 Å². The van der Waals surface area contributed by atoms with Crippen LogP contribution in [-0.2, 0) is 0 Å². The molecule has 0 spiro atoms. The zero-order valence-corrected chi connectivity index (χ0v) is 13.7. The molecule has 0 aliphatic carbocycles. The Hall–Kier alpha value is -3.11. The third-order valence-electron chi connectivity index (χ3n) is 3.94. The van der Waals surface area contributed by atoms with E-state index in [0.29, 0.717) is 38.2 Å². The normalized spacial score (nSPS) is 10.9. The third-order valence-corrected chi connectivity index (χ3v) is 4.19. The van der Waals surface area contributed by atoms with E-state index in [4.69, 9.17) is 16.0 Å². The zero-order valence-electron chi connectivity index (χ0n) is 13.0. The van der Waals surface area contributed by atoms with Crippen LogP contribution in [0.2, 0.25) is 5.02 Å². The van der Waals surface area contributed by atoms with E-state index in [9.17, 15) is 9.59 Å². The fraction of sp³-hybridized carbons (Fsp3) is 0. The lowest BCUT2D eigenvalue weighted by Gasteiger charge is -2.07. The summed E-state index contributed by atoms with van der Waals surface area (Å²) < 4.78 is 5.80. The van der Waals surface area contributed by atoms with E-state index in [0.717, 1.165) is 0 Å². The highest BCUT2D eigenvalue weighted by molar-refractivity contribution is 6.30. The monoisotopic (exact) mass is 349 g/mol. The largest absolute Gasteiger partial charge is 0.456 e. The molecule has 0 bridgehead atoms. The number of amides is 1. The van der Waals surface area contributed by atoms with Crippen molar-refractivity contribution in [1.82, 2.24) is 0 Å². The molecule has 1 aromatic heterocycles. The van der Waals surface area contributed by atoms with Gasteiger partial charge in [-0.15, -0.1) is 0 Å². The number of hydrogen-bond donors (Lipinski definition) is 1. The number of carbonyl (C=O) groups excluding carboxylic acids is 1. The summed E-state index contributed by atoms with van der Waals surface area (Å²) in [7, 11) is 0. The van der Waals surface area contributed by atoms with E-state index in [1.165, 1.54) is 0 Å². The molecule has 4 nitrogen and oxygen atoms in total. The Bertz CT molecular complexity index is 1160. The lowest BCUT2D eigenvalue weighted by molar-refractivity contribution is 0.102. The summed E-state index contributed by atoms with van der Waals surface area (Å²) in [5.41, 5.74) is 1.89. The fourth-order valence-corrected chi connectivity index (χ4v) is 2.81. The molecule has 0 aliphatic rings. The zero-order chi connectivity index (χ0) is 17.4. The molecule has 0 fully saturated rings. The smallest absolute Gasteiger partial charge is 0.255 e. The minimum absolute atomic E-state index is 0.0903. The van der Waals surface area contributed by atoms with Crippen molar-refractivity contribution in [2.45, 2.75) is 0 Å². The van der Waals surface area contributed by atoms with Crippen molar-refractivity contribution in [3.8, 4) is 0 Å². The highest BCUT2D eigenvalue weighted by atomic mass is 35.5. The summed E-state index contributed by atoms with van der Waals surface area (Å²) in [6.45, 7) is 0. The first-order valence-electron chi connectivity index (χ1n) is 7.64. The summed E-state index contributed by atoms with van der Waals surface area (Å²) in [5.74, 6) is -0.265. The van der Waals surface area contributed by atoms with E-state index < -0.39 is 0 Å². The van der Waals surface area contributed by atoms with Gasteiger partial charge in [0.1, 0.15) is 11.2 Å². The van der Waals surface area contributed by atoms with Gasteiger partial charge >= 0.3 is 0 Å². The van der Waals surface area contributed by atoms with Crippen LogP contribution < -0.4 is 10.7 Å². The number of carbonyl (C=O) groups is 1. The molecule has 4 rings (SSSR count). The van der Waals surface area contributed by atoms with Gasteiger partial charge in [0.15, 0.2) is 0 Å². The first kappa shape index (κ1) is 15.4. The topological polar surface area (TPSA) is 59.3 Å². The summed E-state index contributed by atoms with van der Waals surface area (Å²) in [4.78, 5) is 24.8. The maximum Gasteiger partial charge on any atom is 0.255 e. The Morgan fingerprint density at radius 3 is 2.40 bits per heavy atom. The van der Waals surface area contributed by atoms with Crippen LogP contribution >= 0.6 is 11.6 Å². The molecular formula is C20H12ClNO3. The molecule has 122 valence electrons. The van der Waals surface area contributed by atoms with Gasteiger partial charge in [-0.2, -0.15) is 0 Å². The summed E-state index contributed by atoms with van der Waals surface area (Å²) in [5, 5.41) is 4.37. The predicted octanol–water partition coefficient (Wildman–Crippen LogP) is 4.85. The fourth-order valence-electron chi connectivity index (χ4n) is 2.68. The van der Waals surface area contributed by atoms with Gasteiger partial charge in [-0.25, -0.2) is 0 Å². The van der Waals surface area contributed by atoms with Gasteiger partial charge in [0.2, 0.25) is 5.43 Å². The van der Waals surface area contributed by atoms with Crippen molar-refractivity contribution in [2.75, 3.05) is 5.32 Å². The number of halogens is 1. The maximum atomic E-state index is 12.5. The van der Waals surface area contributed by atoms with Crippen molar-refractivity contribution in [1.29, 1.82) is 0 Å². The van der Waals surface area contributed by atoms with Gasteiger partial charge in [-0.3, -0.25) is 9.59 Å². The van der Waals surface area contributed by atoms with Gasteiger partial charge in [0, 0.05) is 22.3 Å². The van der Waals surface area contributed by atoms with Crippen LogP contribution in [0.5, 0.6) is 0 Å². The summed E-state index contributed by atoms with van der Waals surface area (Å²) in [6.07, 6.45) is 0. The number of rotatable bonds is 2. The maximum absolute atomic E-state index is 12.5. The Morgan fingerprint density at radius 1 is 0.880 bits per heavy atom. The molecule has 0 unspecified atom stereocenters. The molecule has 1 N–H and O–H groups in total. The Labute approximate surface area is 147 Å². The second kappa shape index (κ2) is 6.07. The SMILES string of the molecule is O=C(Nc1ccc2c(=O)c3ccccc3oc2c1)c1ccc(Cl)cc1. The van der Waals surface area contributed by atoms with Gasteiger partial charge < -0.3 is 9.73 Å². The highest BCUT2D eigenvalue weighted by Gasteiger charge is 2.10. The second-order valence-corrected chi connectivity index (χ2v) is 6.04. The number of para-hydroxylation sites is 1. The number of anilines is 1. The van der Waals surface area contributed by atoms with Crippen LogP contribution in [0.25, 0.3) is 21.9 Å². The van der Waals surface area contributed by atoms with Crippen LogP contribution in [0.15, 0.2) is 75.9 Å². The summed E-state index contributed by atoms with van der Waals surface area (Å²) >= 11 is 5.83. The van der Waals surface area contributed by atoms with Crippen LogP contribution in [-0.4, -0.2) is 5.91 Å². The minimum Gasteiger partial charge on any atom is -0.456 e. The van der Waals surface area contributed by atoms with Crippen molar-refractivity contribution < 1.29 is 9.21 Å². The number of benzene rings is 3. The van der Waals surface area contributed by atoms with Crippen LogP contribution in [0.4, 0.5) is 5.69 Å². The van der Waals surface area contributed by atoms with Crippen molar-refractivity contribution in [3.05, 3.63) is 87.5 Å². The van der Waals surface area contributed by atoms with Crippen molar-refractivity contribution >= 4 is 45.1 Å². The first-order chi connectivity index (χ1) is 12.1. The lowest BCUT2D eigenvalue weighted by atomic mass is 10.1. The van der Waals surface area contributed by atoms with E-state index in [1.807, 2.05) is 6.07 Å². The quantitative estimate of drug-likeness (QED) is 0.526. The average molecular weight is 350 g/mol. The van der Waals surface area contributed by atoms with E-state index in [-0.39, 0.29) is 11.3 Å². The Balaban J connectivity index is 1.73. The Kier molecular flexibility index (Phi) is 3.75. The lowest BCUT2D eigenvalue weighted by Crippen LogP contribution is -2.12. The predicted molar refractivity (Wildman–Crippen MR) is 99.4 cm³/mol. The first-order valence-corrected chi connectivity index (χ1v) is 8.02.